The Hall–Kier alpha value is 0. The molecule has 0 aromatic heterocycles. The smallest absolute Gasteiger partial charge is 0.0354 e. The molecule has 0 radical (unpaired) electrons. The Kier molecular flexibility index (Phi) is 8.14. The topological polar surface area (TPSA) is 0 Å². The van der Waals surface area contributed by atoms with E-state index in [2.05, 4.69) is 41.5 Å². The number of hydrogen-bond donors (Lipinski definition) is 0. The van der Waals surface area contributed by atoms with Crippen LogP contribution >= 0.6 is 0 Å². The van der Waals surface area contributed by atoms with Gasteiger partial charge in [0, 0.05) is 0 Å². The monoisotopic (exact) mass is 226 g/mol. The summed E-state index contributed by atoms with van der Waals surface area (Å²) in [5.41, 5.74) is 0.561. The van der Waals surface area contributed by atoms with E-state index in [0.717, 1.165) is 11.8 Å². The van der Waals surface area contributed by atoms with Crippen molar-refractivity contribution in [3.05, 3.63) is 0 Å². The van der Waals surface area contributed by atoms with E-state index in [4.69, 9.17) is 0 Å². The highest BCUT2D eigenvalue weighted by Crippen LogP contribution is 2.32. The van der Waals surface area contributed by atoms with Crippen molar-refractivity contribution in [2.24, 2.45) is 17.3 Å². The molecule has 98 valence electrons. The van der Waals surface area contributed by atoms with Crippen LogP contribution in [0, 0.1) is 17.3 Å². The molecule has 0 N–H and O–H groups in total. The molecule has 0 aliphatic carbocycles. The lowest BCUT2D eigenvalue weighted by atomic mass is 9.79. The third-order valence-electron chi connectivity index (χ3n) is 4.11. The van der Waals surface area contributed by atoms with E-state index in [9.17, 15) is 0 Å². The van der Waals surface area contributed by atoms with Crippen LogP contribution in [0.2, 0.25) is 0 Å². The first kappa shape index (κ1) is 16.0. The van der Waals surface area contributed by atoms with Crippen molar-refractivity contribution < 1.29 is 0 Å². The number of rotatable bonds is 9. The van der Waals surface area contributed by atoms with Crippen LogP contribution in [0.3, 0.4) is 0 Å². The SMILES string of the molecule is CCCC(C)CCC(C)(C)CCC(C)CC. The lowest BCUT2D eigenvalue weighted by Crippen LogP contribution is -2.14. The van der Waals surface area contributed by atoms with E-state index in [1.807, 2.05) is 0 Å². The zero-order chi connectivity index (χ0) is 12.6. The molecule has 0 aliphatic heterocycles. The zero-order valence-corrected chi connectivity index (χ0v) is 12.6. The Morgan fingerprint density at radius 1 is 0.812 bits per heavy atom. The minimum absolute atomic E-state index is 0.561. The lowest BCUT2D eigenvalue weighted by Gasteiger charge is -2.27. The molecule has 0 aromatic rings. The van der Waals surface area contributed by atoms with Gasteiger partial charge in [-0.1, -0.05) is 73.6 Å². The summed E-state index contributed by atoms with van der Waals surface area (Å²) in [6, 6.07) is 0. The van der Waals surface area contributed by atoms with Crippen LogP contribution < -0.4 is 0 Å². The molecule has 0 amide bonds. The van der Waals surface area contributed by atoms with Gasteiger partial charge in [-0.05, 0) is 30.1 Å². The molecule has 0 heteroatoms. The molecule has 0 saturated carbocycles. The molecule has 0 spiro atoms. The molecule has 2 unspecified atom stereocenters. The molecular formula is C16H34. The molecule has 0 bridgehead atoms. The van der Waals surface area contributed by atoms with Gasteiger partial charge in [-0.3, -0.25) is 0 Å². The molecule has 0 aliphatic rings. The van der Waals surface area contributed by atoms with Crippen molar-refractivity contribution >= 4 is 0 Å². The Morgan fingerprint density at radius 2 is 1.31 bits per heavy atom. The Labute approximate surface area is 104 Å². The minimum atomic E-state index is 0.561. The first-order valence-electron chi connectivity index (χ1n) is 7.41. The van der Waals surface area contributed by atoms with Gasteiger partial charge in [0.1, 0.15) is 0 Å². The molecule has 0 rings (SSSR count). The first-order chi connectivity index (χ1) is 7.41. The standard InChI is InChI=1S/C16H34/c1-7-9-15(4)11-13-16(5,6)12-10-14(3)8-2/h14-15H,7-13H2,1-6H3. The highest BCUT2D eigenvalue weighted by atomic mass is 14.2. The maximum absolute atomic E-state index is 2.45. The van der Waals surface area contributed by atoms with Gasteiger partial charge in [0.25, 0.3) is 0 Å². The Morgan fingerprint density at radius 3 is 1.75 bits per heavy atom. The second-order valence-electron chi connectivity index (χ2n) is 6.65. The van der Waals surface area contributed by atoms with Crippen molar-refractivity contribution in [1.82, 2.24) is 0 Å². The molecule has 0 saturated heterocycles. The van der Waals surface area contributed by atoms with E-state index >= 15 is 0 Å². The van der Waals surface area contributed by atoms with Gasteiger partial charge in [0.05, 0.1) is 0 Å². The fourth-order valence-corrected chi connectivity index (χ4v) is 2.24. The fourth-order valence-electron chi connectivity index (χ4n) is 2.24. The third kappa shape index (κ3) is 8.19. The molecule has 0 fully saturated rings. The Balaban J connectivity index is 3.77. The molecule has 16 heavy (non-hydrogen) atoms. The van der Waals surface area contributed by atoms with E-state index in [1.54, 1.807) is 0 Å². The fraction of sp³-hybridized carbons (Fsp3) is 1.00. The van der Waals surface area contributed by atoms with Gasteiger partial charge in [0.15, 0.2) is 0 Å². The average molecular weight is 226 g/mol. The van der Waals surface area contributed by atoms with Crippen molar-refractivity contribution in [3.8, 4) is 0 Å². The molecule has 0 aromatic carbocycles. The van der Waals surface area contributed by atoms with Crippen LogP contribution in [0.4, 0.5) is 0 Å². The van der Waals surface area contributed by atoms with Crippen LogP contribution in [-0.2, 0) is 0 Å². The molecule has 0 heterocycles. The summed E-state index contributed by atoms with van der Waals surface area (Å²) in [4.78, 5) is 0. The summed E-state index contributed by atoms with van der Waals surface area (Å²) in [5.74, 6) is 1.83. The predicted octanol–water partition coefficient (Wildman–Crippen LogP) is 6.06. The summed E-state index contributed by atoms with van der Waals surface area (Å²) in [6.45, 7) is 14.3. The summed E-state index contributed by atoms with van der Waals surface area (Å²) >= 11 is 0. The van der Waals surface area contributed by atoms with Crippen LogP contribution in [0.15, 0.2) is 0 Å². The summed E-state index contributed by atoms with van der Waals surface area (Å²) in [7, 11) is 0. The highest BCUT2D eigenvalue weighted by Gasteiger charge is 2.19. The molecule has 0 nitrogen and oxygen atoms in total. The quantitative estimate of drug-likeness (QED) is 0.448. The zero-order valence-electron chi connectivity index (χ0n) is 12.6. The van der Waals surface area contributed by atoms with Gasteiger partial charge >= 0.3 is 0 Å². The highest BCUT2D eigenvalue weighted by molar-refractivity contribution is 4.71. The normalized spacial score (nSPS) is 16.1. The van der Waals surface area contributed by atoms with Gasteiger partial charge in [-0.25, -0.2) is 0 Å². The Bertz CT molecular complexity index is 157. The first-order valence-corrected chi connectivity index (χ1v) is 7.41. The second kappa shape index (κ2) is 8.14. The van der Waals surface area contributed by atoms with E-state index in [1.165, 1.54) is 44.9 Å². The van der Waals surface area contributed by atoms with E-state index < -0.39 is 0 Å². The van der Waals surface area contributed by atoms with Crippen LogP contribution in [0.25, 0.3) is 0 Å². The molecule has 2 atom stereocenters. The van der Waals surface area contributed by atoms with Crippen LogP contribution in [0.5, 0.6) is 0 Å². The van der Waals surface area contributed by atoms with Crippen molar-refractivity contribution in [3.63, 3.8) is 0 Å². The number of hydrogen-bond acceptors (Lipinski definition) is 0. The van der Waals surface area contributed by atoms with Crippen molar-refractivity contribution in [2.45, 2.75) is 86.5 Å². The van der Waals surface area contributed by atoms with Crippen LogP contribution in [-0.4, -0.2) is 0 Å². The predicted molar refractivity (Wildman–Crippen MR) is 75.8 cm³/mol. The van der Waals surface area contributed by atoms with Gasteiger partial charge < -0.3 is 0 Å². The largest absolute Gasteiger partial charge is 0.0654 e. The van der Waals surface area contributed by atoms with Crippen molar-refractivity contribution in [1.29, 1.82) is 0 Å². The molecular weight excluding hydrogens is 192 g/mol. The van der Waals surface area contributed by atoms with E-state index in [0.29, 0.717) is 5.41 Å². The van der Waals surface area contributed by atoms with Gasteiger partial charge in [0.2, 0.25) is 0 Å². The third-order valence-corrected chi connectivity index (χ3v) is 4.11. The average Bonchev–Trinajstić information content (AvgIpc) is 2.24. The summed E-state index contributed by atoms with van der Waals surface area (Å²) in [6.07, 6.45) is 9.72. The van der Waals surface area contributed by atoms with Gasteiger partial charge in [-0.2, -0.15) is 0 Å². The maximum atomic E-state index is 2.45. The second-order valence-corrected chi connectivity index (χ2v) is 6.65. The summed E-state index contributed by atoms with van der Waals surface area (Å²) < 4.78 is 0. The minimum Gasteiger partial charge on any atom is -0.0654 e. The van der Waals surface area contributed by atoms with E-state index in [-0.39, 0.29) is 0 Å². The maximum Gasteiger partial charge on any atom is -0.0354 e. The summed E-state index contributed by atoms with van der Waals surface area (Å²) in [5, 5.41) is 0. The van der Waals surface area contributed by atoms with Gasteiger partial charge in [-0.15, -0.1) is 0 Å². The van der Waals surface area contributed by atoms with Crippen molar-refractivity contribution in [2.75, 3.05) is 0 Å². The lowest BCUT2D eigenvalue weighted by molar-refractivity contribution is 0.249. The van der Waals surface area contributed by atoms with Crippen LogP contribution in [0.1, 0.15) is 86.5 Å².